The molecular weight excluding hydrogens is 371 g/mol. The summed E-state index contributed by atoms with van der Waals surface area (Å²) in [5.41, 5.74) is 0.135. The smallest absolute Gasteiger partial charge is 0.463 e. The minimum atomic E-state index is -0.914. The van der Waals surface area contributed by atoms with Crippen LogP contribution >= 0.6 is 0 Å². The second-order valence-electron chi connectivity index (χ2n) is 5.77. The molecule has 2 aromatic rings. The average molecular weight is 392 g/mol. The Morgan fingerprint density at radius 2 is 1.89 bits per heavy atom. The molecule has 0 saturated heterocycles. The Bertz CT molecular complexity index is 821. The van der Waals surface area contributed by atoms with Crippen molar-refractivity contribution >= 4 is 12.1 Å². The lowest BCUT2D eigenvalue weighted by molar-refractivity contribution is -0.137. The van der Waals surface area contributed by atoms with Crippen LogP contribution in [0.25, 0.3) is 11.4 Å². The molecule has 0 aliphatic heterocycles. The van der Waals surface area contributed by atoms with Crippen molar-refractivity contribution in [1.29, 1.82) is 0 Å². The number of carbonyl (C=O) groups is 2. The highest BCUT2D eigenvalue weighted by atomic mass is 19.1. The van der Waals surface area contributed by atoms with Gasteiger partial charge in [0.25, 0.3) is 0 Å². The molecule has 0 aliphatic carbocycles. The number of esters is 1. The summed E-state index contributed by atoms with van der Waals surface area (Å²) in [7, 11) is 0. The summed E-state index contributed by atoms with van der Waals surface area (Å²) in [6.45, 7) is 5.41. The topological polar surface area (TPSA) is 101 Å². The van der Waals surface area contributed by atoms with Gasteiger partial charge in [0.1, 0.15) is 11.6 Å². The lowest BCUT2D eigenvalue weighted by Gasteiger charge is -2.07. The van der Waals surface area contributed by atoms with Crippen LogP contribution in [0.5, 0.6) is 5.75 Å². The van der Waals surface area contributed by atoms with E-state index in [1.165, 1.54) is 12.1 Å². The van der Waals surface area contributed by atoms with E-state index in [4.69, 9.17) is 18.7 Å². The zero-order chi connectivity index (χ0) is 20.4. The van der Waals surface area contributed by atoms with E-state index in [0.29, 0.717) is 18.9 Å². The lowest BCUT2D eigenvalue weighted by Crippen LogP contribution is -2.11. The maximum absolute atomic E-state index is 14.1. The molecule has 8 nitrogen and oxygen atoms in total. The third-order valence-corrected chi connectivity index (χ3v) is 3.58. The highest BCUT2D eigenvalue weighted by molar-refractivity contribution is 5.81. The van der Waals surface area contributed by atoms with Crippen LogP contribution in [0.2, 0.25) is 0 Å². The van der Waals surface area contributed by atoms with Gasteiger partial charge in [-0.15, -0.1) is 0 Å². The standard InChI is InChI=1S/C19H21FN2O6/c1-3-17(23)25-10-6-4-5-7-11-26-19(24)27-14-8-9-15(16(20)12-14)18-21-13(2)28-22-18/h3,8-9,12H,1,4-7,10-11H2,2H3. The molecule has 1 heterocycles. The van der Waals surface area contributed by atoms with Crippen molar-refractivity contribution in [2.24, 2.45) is 0 Å². The average Bonchev–Trinajstić information content (AvgIpc) is 3.09. The van der Waals surface area contributed by atoms with E-state index in [0.717, 1.165) is 31.4 Å². The summed E-state index contributed by atoms with van der Waals surface area (Å²) in [5.74, 6) is -0.652. The minimum absolute atomic E-state index is 0.00972. The first-order valence-corrected chi connectivity index (χ1v) is 8.73. The van der Waals surface area contributed by atoms with Gasteiger partial charge in [-0.2, -0.15) is 4.98 Å². The molecule has 9 heteroatoms. The largest absolute Gasteiger partial charge is 0.513 e. The van der Waals surface area contributed by atoms with Crippen molar-refractivity contribution in [1.82, 2.24) is 10.1 Å². The SMILES string of the molecule is C=CC(=O)OCCCCCCOC(=O)Oc1ccc(-c2noc(C)n2)c(F)c1. The van der Waals surface area contributed by atoms with Crippen molar-refractivity contribution in [2.45, 2.75) is 32.6 Å². The van der Waals surface area contributed by atoms with E-state index in [1.54, 1.807) is 6.92 Å². The monoisotopic (exact) mass is 392 g/mol. The number of unbranched alkanes of at least 4 members (excludes halogenated alkanes) is 3. The van der Waals surface area contributed by atoms with Gasteiger partial charge >= 0.3 is 12.1 Å². The Balaban J connectivity index is 1.66. The molecule has 0 unspecified atom stereocenters. The van der Waals surface area contributed by atoms with Crippen LogP contribution in [0.1, 0.15) is 31.6 Å². The van der Waals surface area contributed by atoms with Gasteiger partial charge < -0.3 is 18.7 Å². The minimum Gasteiger partial charge on any atom is -0.463 e. The van der Waals surface area contributed by atoms with Gasteiger partial charge in [0.05, 0.1) is 18.8 Å². The summed E-state index contributed by atoms with van der Waals surface area (Å²) in [6.07, 6.45) is 3.18. The van der Waals surface area contributed by atoms with E-state index in [1.807, 2.05) is 0 Å². The number of halogens is 1. The second-order valence-corrected chi connectivity index (χ2v) is 5.77. The summed E-state index contributed by atoms with van der Waals surface area (Å²) in [4.78, 5) is 26.4. The Hall–Kier alpha value is -3.23. The molecule has 2 rings (SSSR count). The lowest BCUT2D eigenvalue weighted by atomic mass is 10.2. The van der Waals surface area contributed by atoms with Crippen LogP contribution in [0, 0.1) is 12.7 Å². The van der Waals surface area contributed by atoms with Crippen LogP contribution in [0.3, 0.4) is 0 Å². The molecule has 150 valence electrons. The predicted molar refractivity (Wildman–Crippen MR) is 96.0 cm³/mol. The number of ether oxygens (including phenoxy) is 3. The van der Waals surface area contributed by atoms with Crippen molar-refractivity contribution in [3.05, 3.63) is 42.6 Å². The normalized spacial score (nSPS) is 10.4. The van der Waals surface area contributed by atoms with Crippen molar-refractivity contribution in [2.75, 3.05) is 13.2 Å². The van der Waals surface area contributed by atoms with Gasteiger partial charge in [0.2, 0.25) is 11.7 Å². The zero-order valence-corrected chi connectivity index (χ0v) is 15.5. The number of hydrogen-bond donors (Lipinski definition) is 0. The molecule has 0 N–H and O–H groups in total. The number of aromatic nitrogens is 2. The quantitative estimate of drug-likeness (QED) is 0.259. The molecule has 1 aromatic carbocycles. The molecule has 0 bridgehead atoms. The van der Waals surface area contributed by atoms with Gasteiger partial charge in [-0.1, -0.05) is 11.7 Å². The molecule has 0 saturated carbocycles. The number of hydrogen-bond acceptors (Lipinski definition) is 8. The maximum Gasteiger partial charge on any atom is 0.513 e. The third kappa shape index (κ3) is 6.82. The van der Waals surface area contributed by atoms with Crippen molar-refractivity contribution in [3.63, 3.8) is 0 Å². The maximum atomic E-state index is 14.1. The van der Waals surface area contributed by atoms with Crippen LogP contribution in [0.4, 0.5) is 9.18 Å². The summed E-state index contributed by atoms with van der Waals surface area (Å²) in [6, 6.07) is 3.85. The highest BCUT2D eigenvalue weighted by Crippen LogP contribution is 2.24. The molecule has 0 aliphatic rings. The molecular formula is C19H21FN2O6. The fourth-order valence-electron chi connectivity index (χ4n) is 2.22. The fraction of sp³-hybridized carbons (Fsp3) is 0.368. The van der Waals surface area contributed by atoms with E-state index in [-0.39, 0.29) is 23.7 Å². The molecule has 0 atom stereocenters. The summed E-state index contributed by atoms with van der Waals surface area (Å²) < 4.78 is 33.7. The number of rotatable bonds is 10. The molecule has 1 aromatic heterocycles. The van der Waals surface area contributed by atoms with Crippen LogP contribution in [-0.2, 0) is 14.3 Å². The van der Waals surface area contributed by atoms with Crippen LogP contribution in [-0.4, -0.2) is 35.5 Å². The number of carbonyl (C=O) groups excluding carboxylic acids is 2. The molecule has 0 amide bonds. The van der Waals surface area contributed by atoms with Crippen LogP contribution < -0.4 is 4.74 Å². The Labute approximate surface area is 161 Å². The number of aryl methyl sites for hydroxylation is 1. The first-order chi connectivity index (χ1) is 13.5. The second kappa shape index (κ2) is 10.8. The van der Waals surface area contributed by atoms with Crippen molar-refractivity contribution < 1.29 is 32.7 Å². The fourth-order valence-corrected chi connectivity index (χ4v) is 2.22. The van der Waals surface area contributed by atoms with Gasteiger partial charge in [0, 0.05) is 19.1 Å². The number of nitrogens with zero attached hydrogens (tertiary/aromatic N) is 2. The van der Waals surface area contributed by atoms with Gasteiger partial charge in [-0.05, 0) is 37.8 Å². The molecule has 0 fully saturated rings. The van der Waals surface area contributed by atoms with E-state index >= 15 is 0 Å². The molecule has 0 radical (unpaired) electrons. The predicted octanol–water partition coefficient (Wildman–Crippen LogP) is 3.99. The third-order valence-electron chi connectivity index (χ3n) is 3.58. The van der Waals surface area contributed by atoms with Gasteiger partial charge in [0.15, 0.2) is 0 Å². The first kappa shape index (κ1) is 21.1. The summed E-state index contributed by atoms with van der Waals surface area (Å²) >= 11 is 0. The number of benzene rings is 1. The van der Waals surface area contributed by atoms with E-state index in [2.05, 4.69) is 16.7 Å². The Morgan fingerprint density at radius 3 is 2.50 bits per heavy atom. The van der Waals surface area contributed by atoms with Crippen molar-refractivity contribution in [3.8, 4) is 17.1 Å². The Kier molecular flexibility index (Phi) is 8.13. The molecule has 0 spiro atoms. The Morgan fingerprint density at radius 1 is 1.18 bits per heavy atom. The van der Waals surface area contributed by atoms with E-state index < -0.39 is 17.9 Å². The molecule has 28 heavy (non-hydrogen) atoms. The summed E-state index contributed by atoms with van der Waals surface area (Å²) in [5, 5.41) is 3.64. The highest BCUT2D eigenvalue weighted by Gasteiger charge is 2.14. The van der Waals surface area contributed by atoms with Crippen LogP contribution in [0.15, 0.2) is 35.4 Å². The van der Waals surface area contributed by atoms with E-state index in [9.17, 15) is 14.0 Å². The van der Waals surface area contributed by atoms with Gasteiger partial charge in [-0.25, -0.2) is 14.0 Å². The zero-order valence-electron chi connectivity index (χ0n) is 15.5. The van der Waals surface area contributed by atoms with Gasteiger partial charge in [-0.3, -0.25) is 0 Å². The first-order valence-electron chi connectivity index (χ1n) is 8.73.